The maximum absolute atomic E-state index is 11.6. The average Bonchev–Trinajstić information content (AvgIpc) is 2.34. The van der Waals surface area contributed by atoms with E-state index in [1.807, 2.05) is 13.8 Å². The maximum atomic E-state index is 11.6. The van der Waals surface area contributed by atoms with Crippen LogP contribution in [0.1, 0.15) is 20.3 Å². The van der Waals surface area contributed by atoms with Crippen molar-refractivity contribution in [2.24, 2.45) is 11.7 Å². The Labute approximate surface area is 128 Å². The second-order valence-corrected chi connectivity index (χ2v) is 4.75. The molecule has 1 rings (SSSR count). The van der Waals surface area contributed by atoms with Gasteiger partial charge in [0.25, 0.3) is 0 Å². The van der Waals surface area contributed by atoms with Crippen molar-refractivity contribution in [2.45, 2.75) is 26.3 Å². The number of halogens is 2. The third kappa shape index (κ3) is 8.65. The van der Waals surface area contributed by atoms with E-state index in [9.17, 15) is 4.79 Å². The Hall–Kier alpha value is -0.0700. The molecule has 7 heteroatoms. The number of morpholine rings is 1. The van der Waals surface area contributed by atoms with Gasteiger partial charge in [-0.05, 0) is 19.9 Å². The molecule has 1 aliphatic heterocycles. The lowest BCUT2D eigenvalue weighted by Crippen LogP contribution is -2.41. The van der Waals surface area contributed by atoms with Crippen LogP contribution in [-0.2, 0) is 9.53 Å². The summed E-state index contributed by atoms with van der Waals surface area (Å²) in [6.07, 6.45) is 0.984. The predicted molar refractivity (Wildman–Crippen MR) is 82.2 cm³/mol. The fraction of sp³-hybridized carbons (Fsp3) is 0.917. The minimum absolute atomic E-state index is 0. The van der Waals surface area contributed by atoms with Crippen LogP contribution in [0.25, 0.3) is 0 Å². The molecule has 1 fully saturated rings. The van der Waals surface area contributed by atoms with Gasteiger partial charge in [-0.3, -0.25) is 9.69 Å². The summed E-state index contributed by atoms with van der Waals surface area (Å²) < 4.78 is 5.28. The highest BCUT2D eigenvalue weighted by Gasteiger charge is 2.16. The van der Waals surface area contributed by atoms with Gasteiger partial charge in [0.1, 0.15) is 0 Å². The average molecular weight is 316 g/mol. The molecule has 1 saturated heterocycles. The summed E-state index contributed by atoms with van der Waals surface area (Å²) in [5.41, 5.74) is 5.68. The molecule has 0 saturated carbocycles. The first-order valence-electron chi connectivity index (χ1n) is 6.44. The first-order chi connectivity index (χ1) is 8.11. The molecule has 0 radical (unpaired) electrons. The van der Waals surface area contributed by atoms with E-state index < -0.39 is 0 Å². The summed E-state index contributed by atoms with van der Waals surface area (Å²) in [4.78, 5) is 14.0. The molecule has 2 atom stereocenters. The smallest absolute Gasteiger partial charge is 0.224 e. The number of ether oxygens (including phenoxy) is 1. The molecule has 5 nitrogen and oxygen atoms in total. The van der Waals surface area contributed by atoms with Crippen molar-refractivity contribution < 1.29 is 9.53 Å². The van der Waals surface area contributed by atoms with Crippen molar-refractivity contribution in [2.75, 3.05) is 39.4 Å². The molecule has 2 unspecified atom stereocenters. The Morgan fingerprint density at radius 3 is 2.42 bits per heavy atom. The molecule has 0 spiro atoms. The van der Waals surface area contributed by atoms with Gasteiger partial charge in [-0.1, -0.05) is 6.92 Å². The number of nitrogens with zero attached hydrogens (tertiary/aromatic N) is 1. The van der Waals surface area contributed by atoms with Crippen molar-refractivity contribution in [3.05, 3.63) is 0 Å². The van der Waals surface area contributed by atoms with Gasteiger partial charge in [0.15, 0.2) is 0 Å². The van der Waals surface area contributed by atoms with Crippen LogP contribution in [-0.4, -0.2) is 56.2 Å². The Morgan fingerprint density at radius 1 is 1.32 bits per heavy atom. The third-order valence-electron chi connectivity index (χ3n) is 3.26. The zero-order valence-corrected chi connectivity index (χ0v) is 13.4. The first kappa shape index (κ1) is 21.2. The number of nitrogens with two attached hydrogens (primary N) is 1. The second-order valence-electron chi connectivity index (χ2n) is 4.75. The van der Waals surface area contributed by atoms with Crippen molar-refractivity contribution in [1.82, 2.24) is 10.2 Å². The molecule has 1 amide bonds. The van der Waals surface area contributed by atoms with Crippen molar-refractivity contribution >= 4 is 30.7 Å². The lowest BCUT2D eigenvalue weighted by Gasteiger charge is -2.26. The second kappa shape index (κ2) is 11.7. The quantitative estimate of drug-likeness (QED) is 0.706. The minimum Gasteiger partial charge on any atom is -0.379 e. The predicted octanol–water partition coefficient (Wildman–Crippen LogP) is 0.652. The van der Waals surface area contributed by atoms with Gasteiger partial charge < -0.3 is 15.8 Å². The molecule has 1 heterocycles. The van der Waals surface area contributed by atoms with Gasteiger partial charge in [0, 0.05) is 31.6 Å². The lowest BCUT2D eigenvalue weighted by molar-refractivity contribution is -0.124. The van der Waals surface area contributed by atoms with Gasteiger partial charge in [-0.25, -0.2) is 0 Å². The summed E-state index contributed by atoms with van der Waals surface area (Å²) in [5.74, 6) is -0.0552. The van der Waals surface area contributed by atoms with Crippen LogP contribution < -0.4 is 11.1 Å². The SMILES string of the molecule is CC(N)C(C)C(=O)NCCCN1CCOCC1.Cl.Cl. The molecular formula is C12H27Cl2N3O2. The van der Waals surface area contributed by atoms with Gasteiger partial charge in [-0.15, -0.1) is 24.8 Å². The summed E-state index contributed by atoms with van der Waals surface area (Å²) in [5, 5.41) is 2.93. The highest BCUT2D eigenvalue weighted by atomic mass is 35.5. The van der Waals surface area contributed by atoms with E-state index in [1.54, 1.807) is 0 Å². The fourth-order valence-corrected chi connectivity index (χ4v) is 1.74. The first-order valence-corrected chi connectivity index (χ1v) is 6.44. The Morgan fingerprint density at radius 2 is 1.89 bits per heavy atom. The highest BCUT2D eigenvalue weighted by molar-refractivity contribution is 5.85. The largest absolute Gasteiger partial charge is 0.379 e. The molecule has 116 valence electrons. The van der Waals surface area contributed by atoms with E-state index in [1.165, 1.54) is 0 Å². The summed E-state index contributed by atoms with van der Waals surface area (Å²) >= 11 is 0. The Balaban J connectivity index is 0. The van der Waals surface area contributed by atoms with E-state index in [0.29, 0.717) is 0 Å². The molecule has 1 aliphatic rings. The van der Waals surface area contributed by atoms with E-state index in [2.05, 4.69) is 10.2 Å². The van der Waals surface area contributed by atoms with Gasteiger partial charge >= 0.3 is 0 Å². The monoisotopic (exact) mass is 315 g/mol. The van der Waals surface area contributed by atoms with E-state index in [-0.39, 0.29) is 42.7 Å². The number of nitrogens with one attached hydrogen (secondary N) is 1. The van der Waals surface area contributed by atoms with Crippen LogP contribution in [0.2, 0.25) is 0 Å². The Kier molecular flexibility index (Phi) is 13.1. The number of carbonyl (C=O) groups excluding carboxylic acids is 1. The van der Waals surface area contributed by atoms with Gasteiger partial charge in [0.05, 0.1) is 13.2 Å². The summed E-state index contributed by atoms with van der Waals surface area (Å²) in [7, 11) is 0. The van der Waals surface area contributed by atoms with Crippen molar-refractivity contribution in [1.29, 1.82) is 0 Å². The summed E-state index contributed by atoms with van der Waals surface area (Å²) in [6.45, 7) is 9.14. The summed E-state index contributed by atoms with van der Waals surface area (Å²) in [6, 6.07) is -0.0887. The lowest BCUT2D eigenvalue weighted by atomic mass is 10.0. The standard InChI is InChI=1S/C12H25N3O2.2ClH/c1-10(11(2)13)12(16)14-4-3-5-15-6-8-17-9-7-15;;/h10-11H,3-9,13H2,1-2H3,(H,14,16);2*1H. The molecule has 0 aromatic carbocycles. The van der Waals surface area contributed by atoms with Crippen LogP contribution in [0.15, 0.2) is 0 Å². The molecule has 0 aromatic rings. The number of carbonyl (C=O) groups is 1. The molecule has 19 heavy (non-hydrogen) atoms. The van der Waals surface area contributed by atoms with Crippen molar-refractivity contribution in [3.63, 3.8) is 0 Å². The number of hydrogen-bond donors (Lipinski definition) is 2. The highest BCUT2D eigenvalue weighted by Crippen LogP contribution is 2.00. The molecule has 0 bridgehead atoms. The van der Waals surface area contributed by atoms with Crippen LogP contribution in [0, 0.1) is 5.92 Å². The molecule has 3 N–H and O–H groups in total. The molecule has 0 aromatic heterocycles. The zero-order valence-electron chi connectivity index (χ0n) is 11.8. The molecule has 0 aliphatic carbocycles. The number of hydrogen-bond acceptors (Lipinski definition) is 4. The van der Waals surface area contributed by atoms with Gasteiger partial charge in [-0.2, -0.15) is 0 Å². The van der Waals surface area contributed by atoms with E-state index in [4.69, 9.17) is 10.5 Å². The number of amides is 1. The molecular weight excluding hydrogens is 289 g/mol. The van der Waals surface area contributed by atoms with Crippen molar-refractivity contribution in [3.8, 4) is 0 Å². The number of rotatable bonds is 6. The normalized spacial score (nSPS) is 18.7. The Bertz CT molecular complexity index is 237. The van der Waals surface area contributed by atoms with Crippen LogP contribution >= 0.6 is 24.8 Å². The van der Waals surface area contributed by atoms with Crippen LogP contribution in [0.4, 0.5) is 0 Å². The topological polar surface area (TPSA) is 67.6 Å². The van der Waals surface area contributed by atoms with Gasteiger partial charge in [0.2, 0.25) is 5.91 Å². The van der Waals surface area contributed by atoms with Crippen LogP contribution in [0.3, 0.4) is 0 Å². The maximum Gasteiger partial charge on any atom is 0.224 e. The minimum atomic E-state index is -0.113. The zero-order chi connectivity index (χ0) is 12.7. The van der Waals surface area contributed by atoms with E-state index >= 15 is 0 Å². The third-order valence-corrected chi connectivity index (χ3v) is 3.26. The van der Waals surface area contributed by atoms with Crippen LogP contribution in [0.5, 0.6) is 0 Å². The fourth-order valence-electron chi connectivity index (χ4n) is 1.74. The van der Waals surface area contributed by atoms with E-state index in [0.717, 1.165) is 45.8 Å².